The Morgan fingerprint density at radius 2 is 2.20 bits per heavy atom. The molecule has 2 aromatic rings. The van der Waals surface area contributed by atoms with Crippen LogP contribution in [-0.4, -0.2) is 21.8 Å². The lowest BCUT2D eigenvalue weighted by atomic mass is 10.2. The fourth-order valence-electron chi connectivity index (χ4n) is 1.55. The Morgan fingerprint density at radius 1 is 1.40 bits per heavy atom. The van der Waals surface area contributed by atoms with E-state index in [0.717, 1.165) is 11.3 Å². The van der Waals surface area contributed by atoms with Gasteiger partial charge in [0.1, 0.15) is 0 Å². The van der Waals surface area contributed by atoms with Crippen LogP contribution in [0.5, 0.6) is 0 Å². The summed E-state index contributed by atoms with van der Waals surface area (Å²) in [6.45, 7) is 1.83. The van der Waals surface area contributed by atoms with E-state index in [1.807, 2.05) is 19.1 Å². The minimum absolute atomic E-state index is 0.0332. The average Bonchev–Trinajstić information content (AvgIpc) is 2.46. The zero-order chi connectivity index (χ0) is 14.5. The predicted octanol–water partition coefficient (Wildman–Crippen LogP) is 3.27. The van der Waals surface area contributed by atoms with E-state index < -0.39 is 5.97 Å². The summed E-state index contributed by atoms with van der Waals surface area (Å²) >= 11 is 5.80. The van der Waals surface area contributed by atoms with Gasteiger partial charge < -0.3 is 5.11 Å². The summed E-state index contributed by atoms with van der Waals surface area (Å²) in [6, 6.07) is 8.32. The number of rotatable bonds is 4. The highest BCUT2D eigenvalue weighted by Gasteiger charge is 2.09. The van der Waals surface area contributed by atoms with Crippen LogP contribution in [0.2, 0.25) is 5.02 Å². The number of anilines is 1. The van der Waals surface area contributed by atoms with Crippen LogP contribution >= 0.6 is 11.6 Å². The fourth-order valence-corrected chi connectivity index (χ4v) is 1.75. The van der Waals surface area contributed by atoms with Gasteiger partial charge in [-0.05, 0) is 31.2 Å². The monoisotopic (exact) mass is 289 g/mol. The molecule has 2 rings (SSSR count). The van der Waals surface area contributed by atoms with E-state index in [9.17, 15) is 4.79 Å². The van der Waals surface area contributed by atoms with Crippen LogP contribution in [-0.2, 0) is 0 Å². The van der Waals surface area contributed by atoms with E-state index in [0.29, 0.717) is 5.69 Å². The molecule has 0 saturated heterocycles. The molecule has 0 amide bonds. The van der Waals surface area contributed by atoms with E-state index >= 15 is 0 Å². The Kier molecular flexibility index (Phi) is 4.32. The van der Waals surface area contributed by atoms with Crippen molar-refractivity contribution >= 4 is 29.0 Å². The van der Waals surface area contributed by atoms with Gasteiger partial charge in [0.25, 0.3) is 0 Å². The number of hydrogen-bond acceptors (Lipinski definition) is 4. The second-order valence-corrected chi connectivity index (χ2v) is 4.46. The molecule has 0 atom stereocenters. The number of aromatic carboxylic acids is 1. The average molecular weight is 290 g/mol. The molecule has 0 unspecified atom stereocenters. The normalized spacial score (nSPS) is 11.2. The first-order chi connectivity index (χ1) is 9.58. The van der Waals surface area contributed by atoms with Crippen molar-refractivity contribution in [3.63, 3.8) is 0 Å². The lowest BCUT2D eigenvalue weighted by Gasteiger charge is -2.05. The quantitative estimate of drug-likeness (QED) is 0.669. The second kappa shape index (κ2) is 6.16. The van der Waals surface area contributed by atoms with Gasteiger partial charge in [-0.1, -0.05) is 17.7 Å². The molecule has 0 fully saturated rings. The third kappa shape index (κ3) is 3.33. The standard InChI is InChI=1S/C14H12ClN3O2/c1-9(10-3-2-6-16-8-10)17-18-11-4-5-13(15)12(7-11)14(19)20/h2-8,18H,1H3,(H,19,20)/b17-9+. The van der Waals surface area contributed by atoms with E-state index in [-0.39, 0.29) is 10.6 Å². The Bertz CT molecular complexity index is 657. The maximum Gasteiger partial charge on any atom is 0.337 e. The SMILES string of the molecule is C/C(=N\Nc1ccc(Cl)c(C(=O)O)c1)c1cccnc1. The van der Waals surface area contributed by atoms with Gasteiger partial charge in [-0.2, -0.15) is 5.10 Å². The van der Waals surface area contributed by atoms with Crippen molar-refractivity contribution in [1.82, 2.24) is 4.98 Å². The first kappa shape index (κ1) is 14.0. The Hall–Kier alpha value is -2.40. The molecule has 5 nitrogen and oxygen atoms in total. The zero-order valence-electron chi connectivity index (χ0n) is 10.7. The summed E-state index contributed by atoms with van der Waals surface area (Å²) in [7, 11) is 0. The number of halogens is 1. The molecule has 2 N–H and O–H groups in total. The van der Waals surface area contributed by atoms with Crippen molar-refractivity contribution in [3.8, 4) is 0 Å². The zero-order valence-corrected chi connectivity index (χ0v) is 11.4. The van der Waals surface area contributed by atoms with Crippen molar-refractivity contribution in [2.45, 2.75) is 6.92 Å². The smallest absolute Gasteiger partial charge is 0.337 e. The van der Waals surface area contributed by atoms with Crippen LogP contribution in [0.25, 0.3) is 0 Å². The maximum atomic E-state index is 11.0. The number of carboxylic acids is 1. The predicted molar refractivity (Wildman–Crippen MR) is 78.5 cm³/mol. The van der Waals surface area contributed by atoms with Crippen molar-refractivity contribution in [1.29, 1.82) is 0 Å². The lowest BCUT2D eigenvalue weighted by Crippen LogP contribution is -2.02. The summed E-state index contributed by atoms with van der Waals surface area (Å²) in [6.07, 6.45) is 3.38. The Labute approximate surface area is 120 Å². The molecular formula is C14H12ClN3O2. The number of nitrogens with zero attached hydrogens (tertiary/aromatic N) is 2. The molecule has 0 aliphatic rings. The summed E-state index contributed by atoms with van der Waals surface area (Å²) in [4.78, 5) is 15.0. The van der Waals surface area contributed by atoms with Crippen LogP contribution in [0.3, 0.4) is 0 Å². The van der Waals surface area contributed by atoms with E-state index in [4.69, 9.17) is 16.7 Å². The molecule has 0 saturated carbocycles. The van der Waals surface area contributed by atoms with Gasteiger partial charge in [-0.15, -0.1) is 0 Å². The number of nitrogens with one attached hydrogen (secondary N) is 1. The highest BCUT2D eigenvalue weighted by atomic mass is 35.5. The van der Waals surface area contributed by atoms with Crippen LogP contribution < -0.4 is 5.43 Å². The van der Waals surface area contributed by atoms with E-state index in [1.54, 1.807) is 18.5 Å². The van der Waals surface area contributed by atoms with Gasteiger partial charge in [0.05, 0.1) is 22.0 Å². The minimum atomic E-state index is -1.08. The summed E-state index contributed by atoms with van der Waals surface area (Å²) < 4.78 is 0. The van der Waals surface area contributed by atoms with Crippen LogP contribution in [0.4, 0.5) is 5.69 Å². The van der Waals surface area contributed by atoms with Gasteiger partial charge in [0, 0.05) is 18.0 Å². The van der Waals surface area contributed by atoms with Crippen molar-refractivity contribution in [3.05, 3.63) is 58.9 Å². The van der Waals surface area contributed by atoms with Gasteiger partial charge in [0.2, 0.25) is 0 Å². The number of carboxylic acid groups (broad SMARTS) is 1. The van der Waals surface area contributed by atoms with Crippen LogP contribution in [0, 0.1) is 0 Å². The summed E-state index contributed by atoms with van der Waals surface area (Å²) in [5.74, 6) is -1.08. The van der Waals surface area contributed by atoms with Gasteiger partial charge in [0.15, 0.2) is 0 Å². The first-order valence-electron chi connectivity index (χ1n) is 5.81. The number of hydrogen-bond donors (Lipinski definition) is 2. The number of aromatic nitrogens is 1. The highest BCUT2D eigenvalue weighted by molar-refractivity contribution is 6.33. The number of benzene rings is 1. The lowest BCUT2D eigenvalue weighted by molar-refractivity contribution is 0.0697. The Balaban J connectivity index is 2.19. The van der Waals surface area contributed by atoms with E-state index in [1.165, 1.54) is 12.1 Å². The molecule has 0 aliphatic heterocycles. The highest BCUT2D eigenvalue weighted by Crippen LogP contribution is 2.20. The molecule has 20 heavy (non-hydrogen) atoms. The maximum absolute atomic E-state index is 11.0. The molecule has 1 aromatic carbocycles. The van der Waals surface area contributed by atoms with Gasteiger partial charge in [-0.25, -0.2) is 4.79 Å². The third-order valence-electron chi connectivity index (χ3n) is 2.63. The van der Waals surface area contributed by atoms with Gasteiger partial charge in [-0.3, -0.25) is 10.4 Å². The summed E-state index contributed by atoms with van der Waals surface area (Å²) in [5, 5.41) is 13.4. The van der Waals surface area contributed by atoms with E-state index in [2.05, 4.69) is 15.5 Å². The van der Waals surface area contributed by atoms with Crippen molar-refractivity contribution < 1.29 is 9.90 Å². The minimum Gasteiger partial charge on any atom is -0.478 e. The molecule has 1 aromatic heterocycles. The molecule has 0 aliphatic carbocycles. The number of carbonyl (C=O) groups is 1. The molecule has 0 radical (unpaired) electrons. The molecular weight excluding hydrogens is 278 g/mol. The molecule has 102 valence electrons. The first-order valence-corrected chi connectivity index (χ1v) is 6.19. The fraction of sp³-hybridized carbons (Fsp3) is 0.0714. The van der Waals surface area contributed by atoms with Crippen molar-refractivity contribution in [2.75, 3.05) is 5.43 Å². The van der Waals surface area contributed by atoms with Crippen LogP contribution in [0.1, 0.15) is 22.8 Å². The summed E-state index contributed by atoms with van der Waals surface area (Å²) in [5.41, 5.74) is 5.01. The third-order valence-corrected chi connectivity index (χ3v) is 2.96. The number of pyridine rings is 1. The van der Waals surface area contributed by atoms with Crippen LogP contribution in [0.15, 0.2) is 47.8 Å². The Morgan fingerprint density at radius 3 is 2.85 bits per heavy atom. The molecule has 6 heteroatoms. The molecule has 0 bridgehead atoms. The number of hydrazone groups is 1. The second-order valence-electron chi connectivity index (χ2n) is 4.05. The largest absolute Gasteiger partial charge is 0.478 e. The topological polar surface area (TPSA) is 74.6 Å². The van der Waals surface area contributed by atoms with Gasteiger partial charge >= 0.3 is 5.97 Å². The molecule has 1 heterocycles. The van der Waals surface area contributed by atoms with Crippen molar-refractivity contribution in [2.24, 2.45) is 5.10 Å². The molecule has 0 spiro atoms.